The zero-order chi connectivity index (χ0) is 24.8. The number of rotatable bonds is 6. The van der Waals surface area contributed by atoms with Crippen molar-refractivity contribution in [3.8, 4) is 5.69 Å². The molecular weight excluding hydrogens is 497 g/mol. The normalized spacial score (nSPS) is 18.8. The zero-order valence-electron chi connectivity index (χ0n) is 19.0. The van der Waals surface area contributed by atoms with Crippen LogP contribution in [-0.2, 0) is 4.74 Å². The molecule has 1 aliphatic carbocycles. The van der Waals surface area contributed by atoms with Crippen LogP contribution in [0, 0.1) is 0 Å². The Morgan fingerprint density at radius 2 is 1.42 bits per heavy atom. The zero-order valence-corrected chi connectivity index (χ0v) is 20.5. The molecule has 180 valence electrons. The first-order valence-corrected chi connectivity index (χ1v) is 12.4. The molecule has 4 aromatic rings. The lowest BCUT2D eigenvalue weighted by atomic mass is 9.96. The van der Waals surface area contributed by atoms with Crippen molar-refractivity contribution >= 4 is 40.6 Å². The van der Waals surface area contributed by atoms with Crippen LogP contribution in [0.5, 0.6) is 0 Å². The topological polar surface area (TPSA) is 73.2 Å². The number of benzene rings is 3. The van der Waals surface area contributed by atoms with Gasteiger partial charge in [-0.3, -0.25) is 9.59 Å². The monoisotopic (exact) mass is 517 g/mol. The van der Waals surface area contributed by atoms with Gasteiger partial charge >= 0.3 is 0 Å². The first kappa shape index (κ1) is 23.0. The number of anilines is 1. The average molecular weight is 518 g/mol. The molecule has 2 heterocycles. The van der Waals surface area contributed by atoms with Crippen LogP contribution >= 0.6 is 23.2 Å². The van der Waals surface area contributed by atoms with Crippen molar-refractivity contribution in [1.29, 1.82) is 0 Å². The number of nitrogens with one attached hydrogen (secondary N) is 1. The van der Waals surface area contributed by atoms with Crippen LogP contribution in [0.15, 0.2) is 78.9 Å². The smallest absolute Gasteiger partial charge is 0.212 e. The molecular formula is C28H21Cl2N3O3. The van der Waals surface area contributed by atoms with E-state index >= 15 is 0 Å². The van der Waals surface area contributed by atoms with E-state index in [1.807, 2.05) is 30.3 Å². The van der Waals surface area contributed by atoms with E-state index in [9.17, 15) is 9.59 Å². The molecule has 36 heavy (non-hydrogen) atoms. The number of ketones is 2. The van der Waals surface area contributed by atoms with Crippen LogP contribution in [0.4, 0.5) is 5.82 Å². The minimum absolute atomic E-state index is 0.248. The largest absolute Gasteiger partial charge is 0.338 e. The molecule has 8 heteroatoms. The van der Waals surface area contributed by atoms with Crippen LogP contribution in [0.1, 0.15) is 56.8 Å². The highest BCUT2D eigenvalue weighted by Gasteiger charge is 2.44. The molecule has 6 rings (SSSR count). The number of hydrogen-bond donors (Lipinski definition) is 1. The number of carbonyl (C=O) groups is 2. The van der Waals surface area contributed by atoms with E-state index in [2.05, 4.69) is 5.32 Å². The van der Waals surface area contributed by atoms with Gasteiger partial charge in [0.15, 0.2) is 18.1 Å². The Morgan fingerprint density at radius 3 is 2.00 bits per heavy atom. The molecule has 1 aromatic heterocycles. The minimum Gasteiger partial charge on any atom is -0.338 e. The summed E-state index contributed by atoms with van der Waals surface area (Å²) in [5.74, 6) is 0.282. The predicted molar refractivity (Wildman–Crippen MR) is 138 cm³/mol. The minimum atomic E-state index is -1.09. The molecule has 1 aliphatic heterocycles. The van der Waals surface area contributed by atoms with Crippen molar-refractivity contribution in [2.45, 2.75) is 31.1 Å². The summed E-state index contributed by atoms with van der Waals surface area (Å²) in [6, 6.07) is 22.9. The number of carbonyl (C=O) groups excluding carboxylic acids is 2. The molecule has 0 amide bonds. The van der Waals surface area contributed by atoms with Crippen molar-refractivity contribution < 1.29 is 14.3 Å². The molecule has 6 nitrogen and oxygen atoms in total. The molecule has 0 saturated heterocycles. The second-order valence-electron chi connectivity index (χ2n) is 8.95. The van der Waals surface area contributed by atoms with Gasteiger partial charge in [0.1, 0.15) is 5.82 Å². The van der Waals surface area contributed by atoms with Gasteiger partial charge in [0, 0.05) is 27.1 Å². The quantitative estimate of drug-likeness (QED) is 0.290. The van der Waals surface area contributed by atoms with Crippen molar-refractivity contribution in [3.05, 3.63) is 111 Å². The Bertz CT molecular complexity index is 1450. The molecule has 3 aromatic carbocycles. The Hall–Kier alpha value is -3.45. The van der Waals surface area contributed by atoms with Gasteiger partial charge in [-0.05, 0) is 73.5 Å². The van der Waals surface area contributed by atoms with Crippen molar-refractivity contribution in [1.82, 2.24) is 9.78 Å². The van der Waals surface area contributed by atoms with E-state index in [-0.39, 0.29) is 17.5 Å². The van der Waals surface area contributed by atoms with E-state index in [4.69, 9.17) is 33.0 Å². The Morgan fingerprint density at radius 1 is 0.833 bits per heavy atom. The molecule has 0 bridgehead atoms. The van der Waals surface area contributed by atoms with E-state index in [0.717, 1.165) is 24.2 Å². The number of ether oxygens (including phenoxy) is 1. The fourth-order valence-corrected chi connectivity index (χ4v) is 4.72. The highest BCUT2D eigenvalue weighted by molar-refractivity contribution is 6.31. The number of para-hydroxylation sites is 1. The van der Waals surface area contributed by atoms with Gasteiger partial charge in [0.25, 0.3) is 0 Å². The predicted octanol–water partition coefficient (Wildman–Crippen LogP) is 6.63. The van der Waals surface area contributed by atoms with E-state index < -0.39 is 12.3 Å². The summed E-state index contributed by atoms with van der Waals surface area (Å²) in [6.07, 6.45) is -0.108. The van der Waals surface area contributed by atoms with Gasteiger partial charge < -0.3 is 10.1 Å². The maximum atomic E-state index is 13.8. The van der Waals surface area contributed by atoms with Crippen molar-refractivity contribution in [3.63, 3.8) is 0 Å². The first-order chi connectivity index (χ1) is 17.5. The molecule has 1 saturated carbocycles. The van der Waals surface area contributed by atoms with Gasteiger partial charge in [0.2, 0.25) is 5.78 Å². The van der Waals surface area contributed by atoms with Crippen LogP contribution in [0.25, 0.3) is 5.69 Å². The molecule has 0 radical (unpaired) electrons. The summed E-state index contributed by atoms with van der Waals surface area (Å²) in [4.78, 5) is 27.3. The molecule has 2 atom stereocenters. The van der Waals surface area contributed by atoms with Gasteiger partial charge in [0.05, 0.1) is 16.9 Å². The van der Waals surface area contributed by atoms with E-state index in [1.54, 1.807) is 53.2 Å². The number of fused-ring (bicyclic) bond motifs is 1. The van der Waals surface area contributed by atoms with Crippen LogP contribution in [0.3, 0.4) is 0 Å². The number of halogens is 2. The summed E-state index contributed by atoms with van der Waals surface area (Å²) in [5, 5.41) is 9.22. The fraction of sp³-hybridized carbons (Fsp3) is 0.179. The third-order valence-corrected chi connectivity index (χ3v) is 6.96. The molecule has 1 N–H and O–H groups in total. The molecule has 2 aliphatic rings. The maximum absolute atomic E-state index is 13.8. The van der Waals surface area contributed by atoms with Gasteiger partial charge in [-0.1, -0.05) is 41.4 Å². The lowest BCUT2D eigenvalue weighted by Gasteiger charge is -2.31. The third kappa shape index (κ3) is 4.22. The van der Waals surface area contributed by atoms with Crippen LogP contribution in [-0.4, -0.2) is 27.6 Å². The number of aromatic nitrogens is 2. The van der Waals surface area contributed by atoms with Crippen molar-refractivity contribution in [2.24, 2.45) is 0 Å². The second-order valence-corrected chi connectivity index (χ2v) is 9.82. The summed E-state index contributed by atoms with van der Waals surface area (Å²) < 4.78 is 8.02. The summed E-state index contributed by atoms with van der Waals surface area (Å²) in [5.41, 5.74) is 3.20. The fourth-order valence-electron chi connectivity index (χ4n) is 4.47. The SMILES string of the molecule is O=C(c1ccc(Cl)cc1)[C@H]1Nc2c(c(C3CC3)nn2-c2ccccc2)[C@H](C(=O)c2ccc(Cl)cc2)O1. The Kier molecular flexibility index (Phi) is 5.88. The summed E-state index contributed by atoms with van der Waals surface area (Å²) in [7, 11) is 0. The van der Waals surface area contributed by atoms with E-state index in [0.29, 0.717) is 32.6 Å². The maximum Gasteiger partial charge on any atom is 0.212 e. The lowest BCUT2D eigenvalue weighted by molar-refractivity contribution is 0.00624. The number of Topliss-reactive ketones (excluding diaryl/α,β-unsaturated/α-hetero) is 2. The van der Waals surface area contributed by atoms with Crippen LogP contribution in [0.2, 0.25) is 10.0 Å². The summed E-state index contributed by atoms with van der Waals surface area (Å²) >= 11 is 12.1. The van der Waals surface area contributed by atoms with Gasteiger partial charge in [-0.2, -0.15) is 5.10 Å². The molecule has 1 fully saturated rings. The molecule has 0 unspecified atom stereocenters. The second kappa shape index (κ2) is 9.21. The third-order valence-electron chi connectivity index (χ3n) is 6.45. The van der Waals surface area contributed by atoms with E-state index in [1.165, 1.54) is 0 Å². The number of nitrogens with zero attached hydrogens (tertiary/aromatic N) is 2. The Labute approximate surface area is 217 Å². The van der Waals surface area contributed by atoms with Gasteiger partial charge in [-0.15, -0.1) is 0 Å². The Balaban J connectivity index is 1.48. The van der Waals surface area contributed by atoms with Crippen molar-refractivity contribution in [2.75, 3.05) is 5.32 Å². The first-order valence-electron chi connectivity index (χ1n) is 11.7. The molecule has 0 spiro atoms. The standard InChI is InChI=1S/C28H21Cl2N3O3/c29-19-12-8-17(9-13-19)24(34)26-22-23(16-6-7-16)32-33(21-4-2-1-3-5-21)27(22)31-28(36-26)25(35)18-10-14-20(30)15-11-18/h1-5,8-16,26,28,31H,6-7H2/t26-,28+/m1/s1. The average Bonchev–Trinajstić information content (AvgIpc) is 3.68. The highest BCUT2D eigenvalue weighted by atomic mass is 35.5. The van der Waals surface area contributed by atoms with Crippen LogP contribution < -0.4 is 5.32 Å². The highest BCUT2D eigenvalue weighted by Crippen LogP contribution is 2.48. The summed E-state index contributed by atoms with van der Waals surface area (Å²) in [6.45, 7) is 0. The lowest BCUT2D eigenvalue weighted by Crippen LogP contribution is -2.40. The van der Waals surface area contributed by atoms with Gasteiger partial charge in [-0.25, -0.2) is 4.68 Å². The number of hydrogen-bond acceptors (Lipinski definition) is 5.